The van der Waals surface area contributed by atoms with Gasteiger partial charge in [-0.25, -0.2) is 4.98 Å². The maximum absolute atomic E-state index is 5.06. The molecule has 5 aromatic heterocycles. The molecule has 11 nitrogen and oxygen atoms in total. The molecule has 0 unspecified atom stereocenters. The van der Waals surface area contributed by atoms with Gasteiger partial charge in [-0.1, -0.05) is 27.6 Å². The first-order valence-electron chi connectivity index (χ1n) is 8.88. The molecule has 0 spiro atoms. The number of hydrogen-bond acceptors (Lipinski definition) is 11. The van der Waals surface area contributed by atoms with E-state index in [0.717, 1.165) is 0 Å². The monoisotopic (exact) mass is 404 g/mol. The lowest BCUT2D eigenvalue weighted by atomic mass is 10.3. The molecule has 5 heterocycles. The van der Waals surface area contributed by atoms with Gasteiger partial charge in [0, 0.05) is 6.20 Å². The van der Waals surface area contributed by atoms with Gasteiger partial charge in [-0.2, -0.15) is 15.0 Å². The maximum Gasteiger partial charge on any atom is 0.276 e. The smallest absolute Gasteiger partial charge is 0.276 e. The van der Waals surface area contributed by atoms with E-state index in [2.05, 4.69) is 40.4 Å². The van der Waals surface area contributed by atoms with Gasteiger partial charge in [0.05, 0.1) is 0 Å². The number of aromatic nitrogens is 8. The molecule has 30 heavy (non-hydrogen) atoms. The van der Waals surface area contributed by atoms with Crippen molar-refractivity contribution in [1.29, 1.82) is 0 Å². The zero-order valence-electron chi connectivity index (χ0n) is 16.3. The second-order valence-corrected chi connectivity index (χ2v) is 6.06. The van der Waals surface area contributed by atoms with Crippen LogP contribution in [0.15, 0.2) is 56.2 Å². The lowest BCUT2D eigenvalue weighted by Gasteiger charge is -1.96. The van der Waals surface area contributed by atoms with Gasteiger partial charge >= 0.3 is 0 Å². The predicted molar refractivity (Wildman–Crippen MR) is 103 cm³/mol. The van der Waals surface area contributed by atoms with E-state index < -0.39 is 0 Å². The average molecular weight is 404 g/mol. The minimum absolute atomic E-state index is 0.366. The van der Waals surface area contributed by atoms with Crippen molar-refractivity contribution in [2.24, 2.45) is 0 Å². The van der Waals surface area contributed by atoms with E-state index in [-0.39, 0.29) is 0 Å². The molecule has 0 saturated heterocycles. The fraction of sp³-hybridized carbons (Fsp3) is 0.158. The first-order chi connectivity index (χ1) is 14.6. The molecular formula is C19H16N8O3. The molecule has 0 bridgehead atoms. The molecule has 150 valence electrons. The third kappa shape index (κ3) is 4.41. The summed E-state index contributed by atoms with van der Waals surface area (Å²) in [6.07, 6.45) is 1.69. The molecule has 0 aliphatic carbocycles. The van der Waals surface area contributed by atoms with Crippen molar-refractivity contribution in [3.63, 3.8) is 0 Å². The molecule has 0 N–H and O–H groups in total. The topological polar surface area (TPSA) is 143 Å². The molecule has 0 atom stereocenters. The summed E-state index contributed by atoms with van der Waals surface area (Å²) in [5.74, 6) is 2.94. The average Bonchev–Trinajstić information content (AvgIpc) is 3.51. The van der Waals surface area contributed by atoms with Crippen molar-refractivity contribution >= 4 is 0 Å². The van der Waals surface area contributed by atoms with E-state index in [1.165, 1.54) is 0 Å². The minimum Gasteiger partial charge on any atom is -0.332 e. The Morgan fingerprint density at radius 1 is 0.533 bits per heavy atom. The van der Waals surface area contributed by atoms with Crippen molar-refractivity contribution in [3.05, 3.63) is 60.1 Å². The van der Waals surface area contributed by atoms with Crippen LogP contribution in [0.2, 0.25) is 0 Å². The van der Waals surface area contributed by atoms with Crippen molar-refractivity contribution in [3.8, 4) is 34.8 Å². The fourth-order valence-electron chi connectivity index (χ4n) is 2.37. The molecule has 0 amide bonds. The van der Waals surface area contributed by atoms with Crippen LogP contribution in [0.5, 0.6) is 0 Å². The van der Waals surface area contributed by atoms with Crippen molar-refractivity contribution < 1.29 is 13.6 Å². The van der Waals surface area contributed by atoms with Gasteiger partial charge in [0.2, 0.25) is 0 Å². The Kier molecular flexibility index (Phi) is 5.33. The summed E-state index contributed by atoms with van der Waals surface area (Å²) >= 11 is 0. The molecule has 0 radical (unpaired) electrons. The number of pyridine rings is 2. The third-order valence-corrected chi connectivity index (χ3v) is 3.65. The van der Waals surface area contributed by atoms with Gasteiger partial charge in [-0.15, -0.1) is 0 Å². The number of nitrogens with zero attached hydrogens (tertiary/aromatic N) is 8. The first kappa shape index (κ1) is 19.1. The Balaban J connectivity index is 0.000000158. The maximum atomic E-state index is 5.06. The number of hydrogen-bond donors (Lipinski definition) is 0. The Hall–Kier alpha value is -4.28. The zero-order valence-corrected chi connectivity index (χ0v) is 16.3. The van der Waals surface area contributed by atoms with Gasteiger partial charge in [0.15, 0.2) is 17.5 Å². The highest BCUT2D eigenvalue weighted by Gasteiger charge is 2.12. The van der Waals surface area contributed by atoms with E-state index >= 15 is 0 Å². The summed E-state index contributed by atoms with van der Waals surface area (Å²) in [7, 11) is 0. The van der Waals surface area contributed by atoms with Gasteiger partial charge in [0.1, 0.15) is 17.1 Å². The van der Waals surface area contributed by atoms with Crippen LogP contribution < -0.4 is 0 Å². The molecule has 0 aromatic carbocycles. The highest BCUT2D eigenvalue weighted by Crippen LogP contribution is 2.20. The molecule has 5 rings (SSSR count). The van der Waals surface area contributed by atoms with Crippen molar-refractivity contribution in [2.45, 2.75) is 20.8 Å². The van der Waals surface area contributed by atoms with Crippen LogP contribution >= 0.6 is 0 Å². The number of aryl methyl sites for hydroxylation is 3. The lowest BCUT2D eigenvalue weighted by Crippen LogP contribution is -1.88. The second-order valence-electron chi connectivity index (χ2n) is 6.06. The summed E-state index contributed by atoms with van der Waals surface area (Å²) in [6, 6.07) is 10.9. The molecule has 5 aromatic rings. The minimum atomic E-state index is 0.366. The molecule has 0 fully saturated rings. The highest BCUT2D eigenvalue weighted by molar-refractivity contribution is 5.55. The first-order valence-corrected chi connectivity index (χ1v) is 8.88. The number of rotatable bonds is 3. The van der Waals surface area contributed by atoms with Crippen LogP contribution in [0, 0.1) is 20.8 Å². The van der Waals surface area contributed by atoms with Gasteiger partial charge < -0.3 is 13.6 Å². The summed E-state index contributed by atoms with van der Waals surface area (Å²) in [5, 5.41) is 11.1. The zero-order chi connectivity index (χ0) is 20.9. The Morgan fingerprint density at radius 2 is 1.00 bits per heavy atom. The summed E-state index contributed by atoms with van der Waals surface area (Å²) in [5.41, 5.74) is 1.85. The quantitative estimate of drug-likeness (QED) is 0.437. The third-order valence-electron chi connectivity index (χ3n) is 3.65. The van der Waals surface area contributed by atoms with E-state index in [4.69, 9.17) is 13.6 Å². The van der Waals surface area contributed by atoms with Gasteiger partial charge in [0.25, 0.3) is 17.7 Å². The van der Waals surface area contributed by atoms with E-state index in [1.54, 1.807) is 39.1 Å². The molecule has 0 aliphatic heterocycles. The van der Waals surface area contributed by atoms with E-state index in [1.807, 2.05) is 24.3 Å². The van der Waals surface area contributed by atoms with E-state index in [0.29, 0.717) is 52.2 Å². The Morgan fingerprint density at radius 3 is 1.40 bits per heavy atom. The summed E-state index contributed by atoms with van der Waals surface area (Å²) < 4.78 is 15.0. The summed E-state index contributed by atoms with van der Waals surface area (Å²) in [6.45, 7) is 5.27. The van der Waals surface area contributed by atoms with Crippen LogP contribution in [-0.2, 0) is 0 Å². The van der Waals surface area contributed by atoms with Crippen LogP contribution in [0.4, 0.5) is 0 Å². The summed E-state index contributed by atoms with van der Waals surface area (Å²) in [4.78, 5) is 20.7. The van der Waals surface area contributed by atoms with E-state index in [9.17, 15) is 0 Å². The molecule has 0 saturated carbocycles. The normalized spacial score (nSPS) is 10.5. The fourth-order valence-corrected chi connectivity index (χ4v) is 2.37. The molecular weight excluding hydrogens is 388 g/mol. The standard InChI is InChI=1S/C11H9N5O2.C8H7N3O/c1-6-12-10(17-15-6)8-4-3-5-9(14-8)11-13-7(2)16-18-11;1-6-10-8(12-11-6)7-4-2-3-5-9-7/h3-5H,1-2H3;2-5H,1H3. The predicted octanol–water partition coefficient (Wildman–Crippen LogP) is 3.24. The van der Waals surface area contributed by atoms with Gasteiger partial charge in [-0.3, -0.25) is 4.98 Å². The van der Waals surface area contributed by atoms with Gasteiger partial charge in [-0.05, 0) is 45.0 Å². The van der Waals surface area contributed by atoms with Crippen molar-refractivity contribution in [1.82, 2.24) is 40.4 Å². The molecule has 11 heteroatoms. The Bertz CT molecular complexity index is 1190. The van der Waals surface area contributed by atoms with Crippen LogP contribution in [0.1, 0.15) is 17.5 Å². The second kappa shape index (κ2) is 8.39. The highest BCUT2D eigenvalue weighted by atomic mass is 16.5. The van der Waals surface area contributed by atoms with Crippen LogP contribution in [-0.4, -0.2) is 40.4 Å². The Labute approximate surface area is 170 Å². The molecule has 0 aliphatic rings. The largest absolute Gasteiger partial charge is 0.332 e. The SMILES string of the molecule is Cc1noc(-c2cccc(-c3nc(C)no3)n2)n1.Cc1noc(-c2ccccn2)n1. The van der Waals surface area contributed by atoms with Crippen LogP contribution in [0.25, 0.3) is 34.8 Å². The van der Waals surface area contributed by atoms with Crippen LogP contribution in [0.3, 0.4) is 0 Å². The van der Waals surface area contributed by atoms with Crippen molar-refractivity contribution in [2.75, 3.05) is 0 Å². The lowest BCUT2D eigenvalue weighted by molar-refractivity contribution is 0.422.